The van der Waals surface area contributed by atoms with Gasteiger partial charge < -0.3 is 18.6 Å². The largest absolute Gasteiger partial charge is 0.573 e. The molecule has 8 rings (SSSR count). The van der Waals surface area contributed by atoms with Gasteiger partial charge in [0.15, 0.2) is 5.58 Å². The van der Waals surface area contributed by atoms with Gasteiger partial charge in [0, 0.05) is 59.1 Å². The Kier molecular flexibility index (Phi) is 10.8. The van der Waals surface area contributed by atoms with Crippen molar-refractivity contribution in [1.82, 2.24) is 13.7 Å². The number of hydrogen-bond acceptors (Lipinski definition) is 8. The monoisotopic (exact) mass is 831 g/mol. The molecule has 4 aromatic carbocycles. The number of aryl methyl sites for hydroxylation is 3. The first-order valence-electron chi connectivity index (χ1n) is 18.0. The normalized spacial score (nSPS) is 12.4. The number of carbonyl (C=O) groups is 1. The highest BCUT2D eigenvalue weighted by Crippen LogP contribution is 2.33. The fourth-order valence-electron chi connectivity index (χ4n) is 6.69. The lowest BCUT2D eigenvalue weighted by Crippen LogP contribution is -2.19. The van der Waals surface area contributed by atoms with E-state index in [1.54, 1.807) is 50.5 Å². The van der Waals surface area contributed by atoms with Crippen molar-refractivity contribution >= 4 is 17.1 Å². The van der Waals surface area contributed by atoms with E-state index in [0.717, 1.165) is 46.5 Å². The zero-order valence-corrected chi connectivity index (χ0v) is 31.7. The molecule has 0 N–H and O–H groups in total. The van der Waals surface area contributed by atoms with Gasteiger partial charge >= 0.3 is 24.5 Å². The van der Waals surface area contributed by atoms with Crippen molar-refractivity contribution in [1.29, 1.82) is 0 Å². The minimum Gasteiger partial charge on any atom is -0.426 e. The lowest BCUT2D eigenvalue weighted by molar-refractivity contribution is -0.275. The molecule has 0 bridgehead atoms. The number of esters is 1. The predicted molar refractivity (Wildman–Crippen MR) is 207 cm³/mol. The second-order valence-corrected chi connectivity index (χ2v) is 13.5. The summed E-state index contributed by atoms with van der Waals surface area (Å²) in [6.45, 7) is 5.87. The number of alkyl halides is 6. The smallest absolute Gasteiger partial charge is 0.426 e. The molecule has 0 saturated carbocycles. The average molecular weight is 832 g/mol. The van der Waals surface area contributed by atoms with E-state index in [0.29, 0.717) is 51.5 Å². The number of aromatic nitrogens is 3. The van der Waals surface area contributed by atoms with Crippen molar-refractivity contribution in [3.05, 3.63) is 157 Å². The van der Waals surface area contributed by atoms with Gasteiger partial charge in [-0.1, -0.05) is 18.2 Å². The van der Waals surface area contributed by atoms with E-state index in [-0.39, 0.29) is 35.0 Å². The van der Waals surface area contributed by atoms with Crippen molar-refractivity contribution in [2.45, 2.75) is 46.5 Å². The van der Waals surface area contributed by atoms with Crippen molar-refractivity contribution in [3.8, 4) is 50.9 Å². The molecule has 308 valence electrons. The molecule has 11 nitrogen and oxygen atoms in total. The third-order valence-corrected chi connectivity index (χ3v) is 9.45. The second kappa shape index (κ2) is 15.8. The molecule has 0 radical (unpaired) electrons. The number of fused-ring (bicyclic) bond motifs is 2. The minimum absolute atomic E-state index is 0.223. The first kappa shape index (κ1) is 40.9. The van der Waals surface area contributed by atoms with Gasteiger partial charge in [-0.2, -0.15) is 0 Å². The van der Waals surface area contributed by atoms with Crippen LogP contribution in [0.3, 0.4) is 0 Å². The molecule has 0 atom stereocenters. The van der Waals surface area contributed by atoms with Crippen LogP contribution in [-0.2, 0) is 17.8 Å². The maximum Gasteiger partial charge on any atom is 0.573 e. The third kappa shape index (κ3) is 8.89. The Morgan fingerprint density at radius 2 is 1.12 bits per heavy atom. The Balaban J connectivity index is 0.000000182. The van der Waals surface area contributed by atoms with Crippen LogP contribution >= 0.6 is 0 Å². The van der Waals surface area contributed by atoms with Crippen LogP contribution in [0.2, 0.25) is 0 Å². The zero-order valence-electron chi connectivity index (χ0n) is 31.7. The van der Waals surface area contributed by atoms with Gasteiger partial charge in [0.1, 0.15) is 17.2 Å². The van der Waals surface area contributed by atoms with Crippen LogP contribution in [0.5, 0.6) is 17.2 Å². The Morgan fingerprint density at radius 1 is 0.633 bits per heavy atom. The van der Waals surface area contributed by atoms with E-state index in [2.05, 4.69) is 9.47 Å². The SMILES string of the molecule is CCn1c(=O)oc2cc(-c3cn(-c4ccc(OC(F)(F)F)cc4)c(=O)cc3C)ccc21.Cc1cc(=O)n(-c2ccc(OC(F)(F)F)cc2)cc1-c1ccc2c(c1)OC(=O)C2. The maximum absolute atomic E-state index is 12.5. The summed E-state index contributed by atoms with van der Waals surface area (Å²) in [6, 6.07) is 23.6. The topological polar surface area (TPSA) is 124 Å². The number of ether oxygens (including phenoxy) is 3. The zero-order chi connectivity index (χ0) is 43.1. The van der Waals surface area contributed by atoms with E-state index >= 15 is 0 Å². The fourth-order valence-corrected chi connectivity index (χ4v) is 6.69. The Hall–Kier alpha value is -7.30. The van der Waals surface area contributed by atoms with E-state index in [4.69, 9.17) is 9.15 Å². The summed E-state index contributed by atoms with van der Waals surface area (Å²) in [7, 11) is 0. The minimum atomic E-state index is -4.79. The van der Waals surface area contributed by atoms with Gasteiger partial charge in [-0.3, -0.25) is 28.1 Å². The van der Waals surface area contributed by atoms with Gasteiger partial charge in [0.05, 0.1) is 11.9 Å². The predicted octanol–water partition coefficient (Wildman–Crippen LogP) is 8.81. The first-order valence-corrected chi connectivity index (χ1v) is 18.0. The van der Waals surface area contributed by atoms with Crippen LogP contribution in [0.4, 0.5) is 26.3 Å². The number of nitrogens with zero attached hydrogens (tertiary/aromatic N) is 3. The van der Waals surface area contributed by atoms with E-state index in [9.17, 15) is 45.5 Å². The lowest BCUT2D eigenvalue weighted by atomic mass is 10.0. The number of hydrogen-bond donors (Lipinski definition) is 0. The standard InChI is InChI=1S/C22H17F3N2O4.C21H14F3NO4/c1-3-26-18-9-4-14(11-19(18)30-21(26)29)17-12-27(20(28)10-13(17)2)15-5-7-16(8-6-15)31-22(23,24)25;1-12-8-19(26)25(15-4-6-16(7-5-15)29-21(22,23)24)11-17(12)13-2-3-14-10-20(27)28-18(14)9-13/h4-12H,3H2,1-2H3;2-9,11H,10H2,1H3. The fraction of sp³-hybridized carbons (Fsp3) is 0.163. The van der Waals surface area contributed by atoms with Crippen molar-refractivity contribution < 1.29 is 49.8 Å². The van der Waals surface area contributed by atoms with Crippen molar-refractivity contribution in [3.63, 3.8) is 0 Å². The molecule has 0 spiro atoms. The van der Waals surface area contributed by atoms with E-state index in [1.165, 1.54) is 50.1 Å². The highest BCUT2D eigenvalue weighted by atomic mass is 19.4. The molecule has 1 aliphatic rings. The number of benzene rings is 4. The van der Waals surface area contributed by atoms with Crippen LogP contribution in [0, 0.1) is 13.8 Å². The molecular formula is C43H31F6N3O8. The quantitative estimate of drug-likeness (QED) is 0.0888. The van der Waals surface area contributed by atoms with E-state index < -0.39 is 18.5 Å². The third-order valence-electron chi connectivity index (χ3n) is 9.45. The molecule has 0 aliphatic carbocycles. The molecule has 0 fully saturated rings. The second-order valence-electron chi connectivity index (χ2n) is 13.5. The molecule has 0 amide bonds. The molecule has 7 aromatic rings. The van der Waals surface area contributed by atoms with Gasteiger partial charge in [0.25, 0.3) is 11.1 Å². The van der Waals surface area contributed by atoms with Crippen molar-refractivity contribution in [2.24, 2.45) is 0 Å². The summed E-state index contributed by atoms with van der Waals surface area (Å²) >= 11 is 0. The molecule has 1 aliphatic heterocycles. The molecule has 4 heterocycles. The van der Waals surface area contributed by atoms with Gasteiger partial charge in [-0.15, -0.1) is 26.3 Å². The van der Waals surface area contributed by atoms with Crippen molar-refractivity contribution in [2.75, 3.05) is 0 Å². The molecule has 0 saturated heterocycles. The number of halogens is 6. The molecule has 17 heteroatoms. The summed E-state index contributed by atoms with van der Waals surface area (Å²) in [6.07, 6.45) is -6.14. The van der Waals surface area contributed by atoms with Gasteiger partial charge in [0.2, 0.25) is 0 Å². The Morgan fingerprint density at radius 3 is 1.60 bits per heavy atom. The molecule has 0 unspecified atom stereocenters. The number of rotatable bonds is 7. The first-order chi connectivity index (χ1) is 28.4. The van der Waals surface area contributed by atoms with Crippen LogP contribution in [0.25, 0.3) is 44.7 Å². The summed E-state index contributed by atoms with van der Waals surface area (Å²) < 4.78 is 96.5. The summed E-state index contributed by atoms with van der Waals surface area (Å²) in [5, 5.41) is 0. The summed E-state index contributed by atoms with van der Waals surface area (Å²) in [4.78, 5) is 48.4. The molecule has 60 heavy (non-hydrogen) atoms. The summed E-state index contributed by atoms with van der Waals surface area (Å²) in [5.41, 5.74) is 6.33. The number of oxazole rings is 1. The molecule has 3 aromatic heterocycles. The van der Waals surface area contributed by atoms with Crippen LogP contribution in [0.1, 0.15) is 23.6 Å². The van der Waals surface area contributed by atoms with Gasteiger partial charge in [-0.25, -0.2) is 4.79 Å². The summed E-state index contributed by atoms with van der Waals surface area (Å²) in [5.74, 6) is -1.03. The van der Waals surface area contributed by atoms with E-state index in [1.807, 2.05) is 19.1 Å². The maximum atomic E-state index is 12.5. The van der Waals surface area contributed by atoms with Crippen LogP contribution < -0.4 is 31.1 Å². The number of pyridine rings is 2. The Bertz CT molecular complexity index is 2940. The van der Waals surface area contributed by atoms with Crippen LogP contribution in [-0.4, -0.2) is 32.4 Å². The molecular weight excluding hydrogens is 800 g/mol. The van der Waals surface area contributed by atoms with Crippen LogP contribution in [0.15, 0.2) is 128 Å². The Labute approximate surface area is 334 Å². The average Bonchev–Trinajstić information content (AvgIpc) is 3.71. The highest BCUT2D eigenvalue weighted by molar-refractivity contribution is 5.83. The highest BCUT2D eigenvalue weighted by Gasteiger charge is 2.32. The lowest BCUT2D eigenvalue weighted by Gasteiger charge is -2.13. The number of carbonyl (C=O) groups excluding carboxylic acids is 1. The van der Waals surface area contributed by atoms with Gasteiger partial charge in [-0.05, 0) is 110 Å².